The van der Waals surface area contributed by atoms with E-state index in [2.05, 4.69) is 10.3 Å². The van der Waals surface area contributed by atoms with E-state index in [1.54, 1.807) is 6.92 Å². The Bertz CT molecular complexity index is 445. The van der Waals surface area contributed by atoms with Gasteiger partial charge in [0.25, 0.3) is 6.43 Å². The van der Waals surface area contributed by atoms with Crippen molar-refractivity contribution < 1.29 is 17.2 Å². The van der Waals surface area contributed by atoms with Crippen LogP contribution in [0.1, 0.15) is 24.7 Å². The molecule has 9 heteroatoms. The molecule has 15 heavy (non-hydrogen) atoms. The summed E-state index contributed by atoms with van der Waals surface area (Å²) in [5, 5.41) is 6.77. The van der Waals surface area contributed by atoms with Crippen molar-refractivity contribution in [2.45, 2.75) is 25.6 Å². The zero-order valence-electron chi connectivity index (χ0n) is 7.69. The minimum atomic E-state index is -3.91. The molecule has 86 valence electrons. The fourth-order valence-electron chi connectivity index (χ4n) is 1.09. The Kier molecular flexibility index (Phi) is 3.61. The molecule has 5 nitrogen and oxygen atoms in total. The first-order valence-corrected chi connectivity index (χ1v) is 6.45. The lowest BCUT2D eigenvalue weighted by atomic mass is 10.3. The van der Waals surface area contributed by atoms with E-state index in [0.717, 1.165) is 4.68 Å². The van der Waals surface area contributed by atoms with E-state index in [4.69, 9.17) is 10.7 Å². The van der Waals surface area contributed by atoms with Gasteiger partial charge in [-0.15, -0.1) is 5.10 Å². The quantitative estimate of drug-likeness (QED) is 0.765. The molecule has 0 aliphatic heterocycles. The molecule has 0 spiro atoms. The summed E-state index contributed by atoms with van der Waals surface area (Å²) in [6, 6.07) is 0. The van der Waals surface area contributed by atoms with Gasteiger partial charge in [-0.3, -0.25) is 0 Å². The molecule has 0 aliphatic rings. The summed E-state index contributed by atoms with van der Waals surface area (Å²) in [6.07, 6.45) is -2.83. The predicted octanol–water partition coefficient (Wildman–Crippen LogP) is 1.30. The van der Waals surface area contributed by atoms with Crippen molar-refractivity contribution in [3.8, 4) is 0 Å². The standard InChI is InChI=1S/C6H8ClF2N3O2S/c1-2-12-5(6(8)9)4(10-11-12)3-15(7,13)14/h6H,2-3H2,1H3. The molecule has 1 aromatic rings. The molecule has 0 fully saturated rings. The van der Waals surface area contributed by atoms with Crippen LogP contribution >= 0.6 is 10.7 Å². The normalized spacial score (nSPS) is 12.3. The Balaban J connectivity index is 3.14. The summed E-state index contributed by atoms with van der Waals surface area (Å²) in [5.41, 5.74) is -0.802. The van der Waals surface area contributed by atoms with Crippen molar-refractivity contribution in [1.82, 2.24) is 15.0 Å². The fourth-order valence-corrected chi connectivity index (χ4v) is 1.94. The Hall–Kier alpha value is -0.760. The summed E-state index contributed by atoms with van der Waals surface area (Å²) >= 11 is 0. The number of hydrogen-bond acceptors (Lipinski definition) is 4. The van der Waals surface area contributed by atoms with Crippen LogP contribution in [0.3, 0.4) is 0 Å². The SMILES string of the molecule is CCn1nnc(CS(=O)(=O)Cl)c1C(F)F. The third-order valence-corrected chi connectivity index (χ3v) is 2.61. The number of hydrogen-bond donors (Lipinski definition) is 0. The molecule has 0 amide bonds. The zero-order chi connectivity index (χ0) is 11.6. The molecule has 0 aromatic carbocycles. The van der Waals surface area contributed by atoms with Gasteiger partial charge in [-0.2, -0.15) is 0 Å². The maximum Gasteiger partial charge on any atom is 0.281 e. The molecule has 1 heterocycles. The molecular weight excluding hydrogens is 252 g/mol. The van der Waals surface area contributed by atoms with E-state index in [-0.39, 0.29) is 12.2 Å². The van der Waals surface area contributed by atoms with E-state index in [1.165, 1.54) is 0 Å². The number of halogens is 3. The molecule has 0 saturated carbocycles. The van der Waals surface area contributed by atoms with Crippen molar-refractivity contribution in [3.63, 3.8) is 0 Å². The highest BCUT2D eigenvalue weighted by atomic mass is 35.7. The highest BCUT2D eigenvalue weighted by molar-refractivity contribution is 8.13. The second kappa shape index (κ2) is 4.40. The average Bonchev–Trinajstić information content (AvgIpc) is 2.44. The van der Waals surface area contributed by atoms with E-state index < -0.39 is 26.9 Å². The lowest BCUT2D eigenvalue weighted by Gasteiger charge is -2.03. The van der Waals surface area contributed by atoms with E-state index in [1.807, 2.05) is 0 Å². The van der Waals surface area contributed by atoms with E-state index >= 15 is 0 Å². The van der Waals surface area contributed by atoms with Crippen molar-refractivity contribution >= 4 is 19.7 Å². The van der Waals surface area contributed by atoms with E-state index in [0.29, 0.717) is 0 Å². The molecule has 0 N–H and O–H groups in total. The lowest BCUT2D eigenvalue weighted by molar-refractivity contribution is 0.138. The molecule has 1 aromatic heterocycles. The number of alkyl halides is 2. The third kappa shape index (κ3) is 3.10. The van der Waals surface area contributed by atoms with Crippen LogP contribution in [0.15, 0.2) is 0 Å². The van der Waals surface area contributed by atoms with Gasteiger partial charge in [0.15, 0.2) is 0 Å². The highest BCUT2D eigenvalue weighted by Gasteiger charge is 2.24. The maximum absolute atomic E-state index is 12.5. The highest BCUT2D eigenvalue weighted by Crippen LogP contribution is 2.23. The first kappa shape index (κ1) is 12.3. The first-order valence-electron chi connectivity index (χ1n) is 3.98. The summed E-state index contributed by atoms with van der Waals surface area (Å²) in [5.74, 6) is -0.742. The summed E-state index contributed by atoms with van der Waals surface area (Å²) < 4.78 is 47.5. The van der Waals surface area contributed by atoms with Gasteiger partial charge in [-0.1, -0.05) is 5.21 Å². The average molecular weight is 260 g/mol. The molecule has 0 aliphatic carbocycles. The van der Waals surface area contributed by atoms with Crippen LogP contribution in [0.5, 0.6) is 0 Å². The minimum Gasteiger partial charge on any atom is -0.244 e. The van der Waals surface area contributed by atoms with Crippen LogP contribution in [-0.2, 0) is 21.3 Å². The van der Waals surface area contributed by atoms with Crippen LogP contribution in [0.4, 0.5) is 8.78 Å². The summed E-state index contributed by atoms with van der Waals surface area (Å²) in [7, 11) is 1.04. The monoisotopic (exact) mass is 259 g/mol. The van der Waals surface area contributed by atoms with E-state index in [9.17, 15) is 17.2 Å². The Labute approximate surface area is 89.5 Å². The molecule has 0 saturated heterocycles. The Morgan fingerprint density at radius 2 is 2.13 bits per heavy atom. The van der Waals surface area contributed by atoms with Crippen molar-refractivity contribution in [2.75, 3.05) is 0 Å². The summed E-state index contributed by atoms with van der Waals surface area (Å²) in [6.45, 7) is 1.79. The van der Waals surface area contributed by atoms with Crippen LogP contribution in [0, 0.1) is 0 Å². The molecular formula is C6H8ClF2N3O2S. The first-order chi connectivity index (χ1) is 6.85. The molecule has 0 unspecified atom stereocenters. The third-order valence-electron chi connectivity index (χ3n) is 1.66. The zero-order valence-corrected chi connectivity index (χ0v) is 9.26. The van der Waals surface area contributed by atoms with Gasteiger partial charge in [-0.05, 0) is 6.92 Å². The van der Waals surface area contributed by atoms with Gasteiger partial charge >= 0.3 is 0 Å². The van der Waals surface area contributed by atoms with Crippen LogP contribution < -0.4 is 0 Å². The largest absolute Gasteiger partial charge is 0.281 e. The van der Waals surface area contributed by atoms with Gasteiger partial charge in [-0.25, -0.2) is 21.9 Å². The van der Waals surface area contributed by atoms with Crippen LogP contribution in [-0.4, -0.2) is 23.4 Å². The minimum absolute atomic E-state index is 0.189. The lowest BCUT2D eigenvalue weighted by Crippen LogP contribution is -2.06. The predicted molar refractivity (Wildman–Crippen MR) is 49.1 cm³/mol. The number of nitrogens with zero attached hydrogens (tertiary/aromatic N) is 3. The topological polar surface area (TPSA) is 64.8 Å². The van der Waals surface area contributed by atoms with Gasteiger partial charge in [0.2, 0.25) is 9.05 Å². The number of rotatable bonds is 4. The van der Waals surface area contributed by atoms with Crippen molar-refractivity contribution in [3.05, 3.63) is 11.4 Å². The van der Waals surface area contributed by atoms with Gasteiger partial charge in [0.1, 0.15) is 17.1 Å². The second-order valence-corrected chi connectivity index (χ2v) is 5.50. The Morgan fingerprint density at radius 1 is 1.53 bits per heavy atom. The van der Waals surface area contributed by atoms with Gasteiger partial charge in [0.05, 0.1) is 0 Å². The van der Waals surface area contributed by atoms with Gasteiger partial charge < -0.3 is 0 Å². The molecule has 1 rings (SSSR count). The number of aryl methyl sites for hydroxylation is 1. The fraction of sp³-hybridized carbons (Fsp3) is 0.667. The van der Waals surface area contributed by atoms with Crippen molar-refractivity contribution in [1.29, 1.82) is 0 Å². The summed E-state index contributed by atoms with van der Waals surface area (Å²) in [4.78, 5) is 0. The smallest absolute Gasteiger partial charge is 0.244 e. The molecule has 0 bridgehead atoms. The Morgan fingerprint density at radius 3 is 2.53 bits per heavy atom. The molecule has 0 radical (unpaired) electrons. The number of aromatic nitrogens is 3. The maximum atomic E-state index is 12.5. The van der Waals surface area contributed by atoms with Crippen molar-refractivity contribution in [2.24, 2.45) is 0 Å². The van der Waals surface area contributed by atoms with Crippen LogP contribution in [0.25, 0.3) is 0 Å². The van der Waals surface area contributed by atoms with Gasteiger partial charge in [0, 0.05) is 17.2 Å². The molecule has 0 atom stereocenters. The van der Waals surface area contributed by atoms with Crippen LogP contribution in [0.2, 0.25) is 0 Å². The second-order valence-electron chi connectivity index (χ2n) is 2.72.